The SMILES string of the molecule is CCc1ccc(CC(=O)c2ccccc2C(F)(F)F)cc1. The van der Waals surface area contributed by atoms with Crippen molar-refractivity contribution >= 4 is 5.78 Å². The second-order valence-electron chi connectivity index (χ2n) is 4.81. The molecular formula is C17H15F3O. The molecule has 0 saturated heterocycles. The molecule has 2 rings (SSSR count). The van der Waals surface area contributed by atoms with Gasteiger partial charge < -0.3 is 0 Å². The topological polar surface area (TPSA) is 17.1 Å². The third-order valence-corrected chi connectivity index (χ3v) is 3.33. The van der Waals surface area contributed by atoms with Gasteiger partial charge in [0.25, 0.3) is 0 Å². The first kappa shape index (κ1) is 15.3. The Hall–Kier alpha value is -2.10. The van der Waals surface area contributed by atoms with E-state index in [1.165, 1.54) is 18.2 Å². The maximum absolute atomic E-state index is 12.9. The highest BCUT2D eigenvalue weighted by atomic mass is 19.4. The summed E-state index contributed by atoms with van der Waals surface area (Å²) >= 11 is 0. The fourth-order valence-corrected chi connectivity index (χ4v) is 2.15. The molecule has 4 heteroatoms. The zero-order valence-corrected chi connectivity index (χ0v) is 11.6. The number of halogens is 3. The van der Waals surface area contributed by atoms with Gasteiger partial charge >= 0.3 is 6.18 Å². The van der Waals surface area contributed by atoms with Crippen LogP contribution in [0.5, 0.6) is 0 Å². The van der Waals surface area contributed by atoms with Crippen molar-refractivity contribution in [2.75, 3.05) is 0 Å². The van der Waals surface area contributed by atoms with Crippen LogP contribution in [-0.4, -0.2) is 5.78 Å². The van der Waals surface area contributed by atoms with Gasteiger partial charge in [0, 0.05) is 12.0 Å². The summed E-state index contributed by atoms with van der Waals surface area (Å²) in [6.07, 6.45) is -3.67. The molecule has 0 spiro atoms. The van der Waals surface area contributed by atoms with Crippen molar-refractivity contribution in [1.82, 2.24) is 0 Å². The van der Waals surface area contributed by atoms with Crippen LogP contribution in [0.3, 0.4) is 0 Å². The van der Waals surface area contributed by atoms with Gasteiger partial charge in [-0.1, -0.05) is 49.4 Å². The van der Waals surface area contributed by atoms with E-state index in [0.29, 0.717) is 5.56 Å². The molecule has 0 fully saturated rings. The molecule has 0 aliphatic heterocycles. The highest BCUT2D eigenvalue weighted by Crippen LogP contribution is 2.32. The van der Waals surface area contributed by atoms with Gasteiger partial charge in [-0.05, 0) is 23.6 Å². The van der Waals surface area contributed by atoms with Crippen molar-refractivity contribution in [3.05, 3.63) is 70.8 Å². The van der Waals surface area contributed by atoms with Crippen molar-refractivity contribution in [1.29, 1.82) is 0 Å². The number of Topliss-reactive ketones (excluding diaryl/α,β-unsaturated/α-hetero) is 1. The Bertz CT molecular complexity index is 627. The maximum Gasteiger partial charge on any atom is 0.417 e. The molecule has 0 radical (unpaired) electrons. The van der Waals surface area contributed by atoms with E-state index in [2.05, 4.69) is 0 Å². The van der Waals surface area contributed by atoms with Crippen LogP contribution in [0.15, 0.2) is 48.5 Å². The highest BCUT2D eigenvalue weighted by molar-refractivity contribution is 5.99. The lowest BCUT2D eigenvalue weighted by molar-refractivity contribution is -0.137. The van der Waals surface area contributed by atoms with Crippen LogP contribution >= 0.6 is 0 Å². The Labute approximate surface area is 121 Å². The summed E-state index contributed by atoms with van der Waals surface area (Å²) in [5.74, 6) is -0.521. The van der Waals surface area contributed by atoms with Gasteiger partial charge in [-0.25, -0.2) is 0 Å². The fourth-order valence-electron chi connectivity index (χ4n) is 2.15. The zero-order chi connectivity index (χ0) is 15.5. The molecule has 0 saturated carbocycles. The Balaban J connectivity index is 2.24. The molecule has 0 aliphatic carbocycles. The molecule has 2 aromatic carbocycles. The molecule has 0 bridgehead atoms. The average Bonchev–Trinajstić information content (AvgIpc) is 2.47. The van der Waals surface area contributed by atoms with E-state index in [4.69, 9.17) is 0 Å². The summed E-state index contributed by atoms with van der Waals surface area (Å²) in [7, 11) is 0. The first-order chi connectivity index (χ1) is 9.91. The van der Waals surface area contributed by atoms with E-state index in [1.807, 2.05) is 19.1 Å². The summed E-state index contributed by atoms with van der Waals surface area (Å²) in [6.45, 7) is 2.01. The Kier molecular flexibility index (Phi) is 4.46. The minimum atomic E-state index is -4.52. The van der Waals surface area contributed by atoms with Gasteiger partial charge in [-0.3, -0.25) is 4.79 Å². The number of rotatable bonds is 4. The maximum atomic E-state index is 12.9. The lowest BCUT2D eigenvalue weighted by Crippen LogP contribution is -2.14. The van der Waals surface area contributed by atoms with Crippen LogP contribution in [0.2, 0.25) is 0 Å². The number of hydrogen-bond acceptors (Lipinski definition) is 1. The van der Waals surface area contributed by atoms with Gasteiger partial charge in [0.05, 0.1) is 5.56 Å². The van der Waals surface area contributed by atoms with E-state index >= 15 is 0 Å². The van der Waals surface area contributed by atoms with Crippen LogP contribution < -0.4 is 0 Å². The van der Waals surface area contributed by atoms with E-state index < -0.39 is 17.5 Å². The second-order valence-corrected chi connectivity index (χ2v) is 4.81. The monoisotopic (exact) mass is 292 g/mol. The first-order valence-electron chi connectivity index (χ1n) is 6.69. The van der Waals surface area contributed by atoms with Crippen LogP contribution in [0, 0.1) is 0 Å². The zero-order valence-electron chi connectivity index (χ0n) is 11.6. The Morgan fingerprint density at radius 3 is 2.10 bits per heavy atom. The molecule has 1 nitrogen and oxygen atoms in total. The van der Waals surface area contributed by atoms with E-state index in [9.17, 15) is 18.0 Å². The number of benzene rings is 2. The standard InChI is InChI=1S/C17H15F3O/c1-2-12-7-9-13(10-8-12)11-16(21)14-5-3-4-6-15(14)17(18,19)20/h3-10H,2,11H2,1H3. The van der Waals surface area contributed by atoms with E-state index in [0.717, 1.165) is 18.1 Å². The lowest BCUT2D eigenvalue weighted by Gasteiger charge is -2.11. The van der Waals surface area contributed by atoms with Crippen molar-refractivity contribution in [3.63, 3.8) is 0 Å². The quantitative estimate of drug-likeness (QED) is 0.747. The Morgan fingerprint density at radius 1 is 0.952 bits per heavy atom. The third kappa shape index (κ3) is 3.72. The summed E-state index contributed by atoms with van der Waals surface area (Å²) in [5, 5.41) is 0. The van der Waals surface area contributed by atoms with E-state index in [1.54, 1.807) is 12.1 Å². The van der Waals surface area contributed by atoms with Crippen molar-refractivity contribution < 1.29 is 18.0 Å². The Morgan fingerprint density at radius 2 is 1.52 bits per heavy atom. The van der Waals surface area contributed by atoms with Crippen LogP contribution in [0.4, 0.5) is 13.2 Å². The lowest BCUT2D eigenvalue weighted by atomic mass is 9.97. The van der Waals surface area contributed by atoms with E-state index in [-0.39, 0.29) is 12.0 Å². The summed E-state index contributed by atoms with van der Waals surface area (Å²) < 4.78 is 38.7. The minimum Gasteiger partial charge on any atom is -0.294 e. The molecule has 0 aromatic heterocycles. The van der Waals surface area contributed by atoms with Gasteiger partial charge in [0.1, 0.15) is 0 Å². The molecule has 0 heterocycles. The van der Waals surface area contributed by atoms with Crippen LogP contribution in [0.1, 0.15) is 34.0 Å². The van der Waals surface area contributed by atoms with Crippen molar-refractivity contribution in [2.24, 2.45) is 0 Å². The normalized spacial score (nSPS) is 11.4. The predicted molar refractivity (Wildman–Crippen MR) is 75.3 cm³/mol. The predicted octanol–water partition coefficient (Wildman–Crippen LogP) is 4.69. The number of alkyl halides is 3. The molecule has 0 unspecified atom stereocenters. The largest absolute Gasteiger partial charge is 0.417 e. The second kappa shape index (κ2) is 6.12. The van der Waals surface area contributed by atoms with Gasteiger partial charge in [-0.15, -0.1) is 0 Å². The fraction of sp³-hybridized carbons (Fsp3) is 0.235. The summed E-state index contributed by atoms with van der Waals surface area (Å²) in [6, 6.07) is 12.2. The third-order valence-electron chi connectivity index (χ3n) is 3.33. The van der Waals surface area contributed by atoms with Gasteiger partial charge in [0.15, 0.2) is 5.78 Å². The van der Waals surface area contributed by atoms with Gasteiger partial charge in [-0.2, -0.15) is 13.2 Å². The van der Waals surface area contributed by atoms with Crippen LogP contribution in [0.25, 0.3) is 0 Å². The molecular weight excluding hydrogens is 277 g/mol. The first-order valence-corrected chi connectivity index (χ1v) is 6.69. The number of ketones is 1. The molecule has 110 valence electrons. The number of aryl methyl sites for hydroxylation is 1. The molecule has 21 heavy (non-hydrogen) atoms. The molecule has 0 amide bonds. The van der Waals surface area contributed by atoms with Gasteiger partial charge in [0.2, 0.25) is 0 Å². The molecule has 0 N–H and O–H groups in total. The van der Waals surface area contributed by atoms with Crippen molar-refractivity contribution in [3.8, 4) is 0 Å². The number of carbonyl (C=O) groups excluding carboxylic acids is 1. The average molecular weight is 292 g/mol. The van der Waals surface area contributed by atoms with Crippen LogP contribution in [-0.2, 0) is 19.0 Å². The highest BCUT2D eigenvalue weighted by Gasteiger charge is 2.34. The molecule has 2 aromatic rings. The minimum absolute atomic E-state index is 0.0307. The van der Waals surface area contributed by atoms with Crippen molar-refractivity contribution in [2.45, 2.75) is 25.9 Å². The summed E-state index contributed by atoms with van der Waals surface area (Å²) in [5.41, 5.74) is 0.695. The molecule has 0 aliphatic rings. The number of carbonyl (C=O) groups is 1. The smallest absolute Gasteiger partial charge is 0.294 e. The molecule has 0 atom stereocenters. The number of hydrogen-bond donors (Lipinski definition) is 0. The summed E-state index contributed by atoms with van der Waals surface area (Å²) in [4.78, 5) is 12.1.